The molecule has 0 aliphatic heterocycles. The number of benzene rings is 2. The molecule has 0 heterocycles. The third-order valence-electron chi connectivity index (χ3n) is 4.72. The minimum absolute atomic E-state index is 0.106. The molecular formula is C25H30N2O4S. The fourth-order valence-corrected chi connectivity index (χ4v) is 4.10. The minimum Gasteiger partial charge on any atom is -0.321 e. The predicted octanol–water partition coefficient (Wildman–Crippen LogP) is 4.87. The molecule has 2 N–H and O–H groups in total. The fourth-order valence-electron chi connectivity index (χ4n) is 2.92. The summed E-state index contributed by atoms with van der Waals surface area (Å²) in [5.74, 6) is 5.14. The van der Waals surface area contributed by atoms with E-state index in [0.29, 0.717) is 12.0 Å². The van der Waals surface area contributed by atoms with Crippen molar-refractivity contribution in [2.45, 2.75) is 63.7 Å². The van der Waals surface area contributed by atoms with E-state index in [-0.39, 0.29) is 17.0 Å². The molecular weight excluding hydrogens is 424 g/mol. The molecule has 2 amide bonds. The molecule has 0 unspecified atom stereocenters. The number of hydrogen-bond donors (Lipinski definition) is 2. The van der Waals surface area contributed by atoms with Crippen molar-refractivity contribution in [2.24, 2.45) is 0 Å². The topological polar surface area (TPSA) is 92.3 Å². The van der Waals surface area contributed by atoms with Crippen molar-refractivity contribution in [3.05, 3.63) is 59.7 Å². The first-order valence-electron chi connectivity index (χ1n) is 10.9. The van der Waals surface area contributed by atoms with Gasteiger partial charge in [-0.15, -0.1) is 0 Å². The van der Waals surface area contributed by atoms with Crippen LogP contribution in [0.25, 0.3) is 0 Å². The Labute approximate surface area is 190 Å². The second kappa shape index (κ2) is 12.7. The third-order valence-corrected chi connectivity index (χ3v) is 6.15. The van der Waals surface area contributed by atoms with Gasteiger partial charge in [0.25, 0.3) is 15.9 Å². The summed E-state index contributed by atoms with van der Waals surface area (Å²) in [6.45, 7) is 4.11. The summed E-state index contributed by atoms with van der Waals surface area (Å²) < 4.78 is 27.5. The molecule has 32 heavy (non-hydrogen) atoms. The number of amides is 2. The predicted molar refractivity (Wildman–Crippen MR) is 127 cm³/mol. The second-order valence-corrected chi connectivity index (χ2v) is 9.07. The molecule has 2 aromatic carbocycles. The Morgan fingerprint density at radius 2 is 1.59 bits per heavy atom. The Morgan fingerprint density at radius 1 is 0.906 bits per heavy atom. The van der Waals surface area contributed by atoms with Gasteiger partial charge in [0.15, 0.2) is 0 Å². The number of hydrogen-bond acceptors (Lipinski definition) is 4. The van der Waals surface area contributed by atoms with Gasteiger partial charge in [0, 0.05) is 24.0 Å². The van der Waals surface area contributed by atoms with Gasteiger partial charge in [0.1, 0.15) is 4.90 Å². The molecule has 0 spiro atoms. The van der Waals surface area contributed by atoms with Crippen LogP contribution in [0.1, 0.15) is 74.7 Å². The minimum atomic E-state index is -4.11. The smallest absolute Gasteiger partial charge is 0.266 e. The summed E-state index contributed by atoms with van der Waals surface area (Å²) >= 11 is 0. The average molecular weight is 455 g/mol. The van der Waals surface area contributed by atoms with Gasteiger partial charge in [0.05, 0.1) is 5.69 Å². The van der Waals surface area contributed by atoms with Gasteiger partial charge in [-0.2, -0.15) is 0 Å². The van der Waals surface area contributed by atoms with E-state index in [1.807, 2.05) is 6.92 Å². The molecule has 0 fully saturated rings. The highest BCUT2D eigenvalue weighted by molar-refractivity contribution is 7.90. The Balaban J connectivity index is 2.11. The number of carbonyl (C=O) groups is 2. The molecule has 7 heteroatoms. The molecule has 0 aliphatic carbocycles. The standard InChI is InChI=1S/C25H30N2O4S/c1-3-5-7-9-12-20-16-18-21(19-17-20)25(29)26-22-13-10-11-14-23(22)32(30,31)27-24(28)15-8-6-4-2/h10-11,13-14,16-19H,3-8,15H2,1-2H3,(H,26,29)(H,27,28). The molecule has 2 rings (SSSR count). The quantitative estimate of drug-likeness (QED) is 0.396. The number of rotatable bonds is 10. The van der Waals surface area contributed by atoms with E-state index in [2.05, 4.69) is 28.8 Å². The zero-order valence-corrected chi connectivity index (χ0v) is 19.4. The van der Waals surface area contributed by atoms with Crippen LogP contribution < -0.4 is 10.0 Å². The van der Waals surface area contributed by atoms with Gasteiger partial charge in [-0.25, -0.2) is 13.1 Å². The third kappa shape index (κ3) is 7.86. The maximum Gasteiger partial charge on any atom is 0.266 e. The molecule has 2 aromatic rings. The summed E-state index contributed by atoms with van der Waals surface area (Å²) in [7, 11) is -4.11. The molecule has 0 atom stereocenters. The first kappa shape index (κ1) is 25.2. The highest BCUT2D eigenvalue weighted by atomic mass is 32.2. The van der Waals surface area contributed by atoms with Gasteiger partial charge in [-0.3, -0.25) is 9.59 Å². The Kier molecular flexibility index (Phi) is 9.96. The average Bonchev–Trinajstić information content (AvgIpc) is 2.77. The lowest BCUT2D eigenvalue weighted by Crippen LogP contribution is -2.31. The molecule has 0 aliphatic rings. The molecule has 170 valence electrons. The zero-order chi connectivity index (χ0) is 23.4. The summed E-state index contributed by atoms with van der Waals surface area (Å²) in [5, 5.41) is 2.63. The largest absolute Gasteiger partial charge is 0.321 e. The van der Waals surface area contributed by atoms with E-state index in [0.717, 1.165) is 37.7 Å². The van der Waals surface area contributed by atoms with E-state index < -0.39 is 21.8 Å². The molecule has 0 bridgehead atoms. The molecule has 0 saturated heterocycles. The highest BCUT2D eigenvalue weighted by Gasteiger charge is 2.22. The maximum atomic E-state index is 12.7. The van der Waals surface area contributed by atoms with Crippen LogP contribution in [0, 0.1) is 11.8 Å². The van der Waals surface area contributed by atoms with Gasteiger partial charge in [-0.05, 0) is 49.2 Å². The van der Waals surface area contributed by atoms with Crippen molar-refractivity contribution >= 4 is 27.5 Å². The van der Waals surface area contributed by atoms with Gasteiger partial charge >= 0.3 is 0 Å². The fraction of sp³-hybridized carbons (Fsp3) is 0.360. The zero-order valence-electron chi connectivity index (χ0n) is 18.6. The van der Waals surface area contributed by atoms with Gasteiger partial charge in [-0.1, -0.05) is 57.1 Å². The molecule has 6 nitrogen and oxygen atoms in total. The normalized spacial score (nSPS) is 10.7. The van der Waals surface area contributed by atoms with E-state index in [9.17, 15) is 18.0 Å². The lowest BCUT2D eigenvalue weighted by Gasteiger charge is -2.12. The number of unbranched alkanes of at least 4 members (excludes halogenated alkanes) is 4. The summed E-state index contributed by atoms with van der Waals surface area (Å²) in [5.41, 5.74) is 1.29. The van der Waals surface area contributed by atoms with E-state index >= 15 is 0 Å². The monoisotopic (exact) mass is 454 g/mol. The first-order chi connectivity index (χ1) is 15.4. The maximum absolute atomic E-state index is 12.7. The van der Waals surface area contributed by atoms with Crippen molar-refractivity contribution in [1.82, 2.24) is 4.72 Å². The molecule has 0 radical (unpaired) electrons. The summed E-state index contributed by atoms with van der Waals surface area (Å²) in [4.78, 5) is 24.5. The van der Waals surface area contributed by atoms with Crippen molar-refractivity contribution in [3.8, 4) is 11.8 Å². The summed E-state index contributed by atoms with van der Waals surface area (Å²) in [6.07, 6.45) is 5.51. The lowest BCUT2D eigenvalue weighted by atomic mass is 10.1. The van der Waals surface area contributed by atoms with E-state index in [1.165, 1.54) is 18.2 Å². The van der Waals surface area contributed by atoms with Crippen LogP contribution in [0.4, 0.5) is 5.69 Å². The number of anilines is 1. The van der Waals surface area contributed by atoms with E-state index in [4.69, 9.17) is 0 Å². The molecule has 0 saturated carbocycles. The highest BCUT2D eigenvalue weighted by Crippen LogP contribution is 2.22. The Hall–Kier alpha value is -3.11. The molecule has 0 aromatic heterocycles. The van der Waals surface area contributed by atoms with Gasteiger partial charge in [0.2, 0.25) is 5.91 Å². The number of nitrogens with one attached hydrogen (secondary N) is 2. The Bertz CT molecular complexity index is 1080. The van der Waals surface area contributed by atoms with Crippen LogP contribution in [-0.2, 0) is 14.8 Å². The van der Waals surface area contributed by atoms with Crippen LogP contribution in [-0.4, -0.2) is 20.2 Å². The second-order valence-electron chi connectivity index (χ2n) is 7.42. The first-order valence-corrected chi connectivity index (χ1v) is 12.4. The number of sulfonamides is 1. The van der Waals surface area contributed by atoms with Crippen molar-refractivity contribution < 1.29 is 18.0 Å². The SMILES string of the molecule is CCCCC#Cc1ccc(C(=O)Nc2ccccc2S(=O)(=O)NC(=O)CCCCC)cc1. The van der Waals surface area contributed by atoms with E-state index in [1.54, 1.807) is 30.3 Å². The van der Waals surface area contributed by atoms with Crippen LogP contribution in [0.15, 0.2) is 53.4 Å². The number of para-hydroxylation sites is 1. The van der Waals surface area contributed by atoms with Crippen LogP contribution >= 0.6 is 0 Å². The van der Waals surface area contributed by atoms with Crippen molar-refractivity contribution in [2.75, 3.05) is 5.32 Å². The number of carbonyl (C=O) groups excluding carboxylic acids is 2. The lowest BCUT2D eigenvalue weighted by molar-refractivity contribution is -0.119. The Morgan fingerprint density at radius 3 is 2.28 bits per heavy atom. The van der Waals surface area contributed by atoms with Crippen molar-refractivity contribution in [3.63, 3.8) is 0 Å². The van der Waals surface area contributed by atoms with Crippen LogP contribution in [0.5, 0.6) is 0 Å². The summed E-state index contributed by atoms with van der Waals surface area (Å²) in [6, 6.07) is 12.8. The van der Waals surface area contributed by atoms with Crippen molar-refractivity contribution in [1.29, 1.82) is 0 Å². The van der Waals surface area contributed by atoms with Gasteiger partial charge < -0.3 is 5.32 Å². The van der Waals surface area contributed by atoms with Crippen LogP contribution in [0.2, 0.25) is 0 Å². The van der Waals surface area contributed by atoms with Crippen LogP contribution in [0.3, 0.4) is 0 Å².